The van der Waals surface area contributed by atoms with Gasteiger partial charge in [-0.1, -0.05) is 18.2 Å². The van der Waals surface area contributed by atoms with E-state index in [1.165, 1.54) is 24.3 Å². The van der Waals surface area contributed by atoms with Crippen molar-refractivity contribution in [1.29, 1.82) is 0 Å². The lowest BCUT2D eigenvalue weighted by Gasteiger charge is -2.44. The third-order valence-electron chi connectivity index (χ3n) is 5.52. The van der Waals surface area contributed by atoms with Crippen LogP contribution in [-0.4, -0.2) is 58.6 Å². The molecule has 0 aliphatic carbocycles. The van der Waals surface area contributed by atoms with Crippen molar-refractivity contribution in [3.8, 4) is 5.75 Å². The van der Waals surface area contributed by atoms with Crippen LogP contribution in [0.2, 0.25) is 0 Å². The first kappa shape index (κ1) is 21.8. The van der Waals surface area contributed by atoms with E-state index in [0.717, 1.165) is 11.1 Å². The Morgan fingerprint density at radius 3 is 2.47 bits per heavy atom. The Labute approximate surface area is 175 Å². The molecule has 1 N–H and O–H groups in total. The van der Waals surface area contributed by atoms with Crippen molar-refractivity contribution in [2.45, 2.75) is 39.4 Å². The van der Waals surface area contributed by atoms with Crippen molar-refractivity contribution in [1.82, 2.24) is 9.80 Å². The summed E-state index contributed by atoms with van der Waals surface area (Å²) < 4.78 is 18.8. The van der Waals surface area contributed by atoms with Gasteiger partial charge < -0.3 is 14.7 Å². The number of carboxylic acid groups (broad SMARTS) is 1. The van der Waals surface area contributed by atoms with E-state index in [0.29, 0.717) is 25.4 Å². The lowest BCUT2D eigenvalue weighted by Crippen LogP contribution is -2.58. The van der Waals surface area contributed by atoms with E-state index in [-0.39, 0.29) is 36.0 Å². The summed E-state index contributed by atoms with van der Waals surface area (Å²) in [4.78, 5) is 28.0. The van der Waals surface area contributed by atoms with Gasteiger partial charge in [0, 0.05) is 31.7 Å². The summed E-state index contributed by atoms with van der Waals surface area (Å²) in [5.41, 5.74) is 1.94. The van der Waals surface area contributed by atoms with Gasteiger partial charge in [0.25, 0.3) is 5.91 Å². The Morgan fingerprint density at radius 1 is 1.10 bits per heavy atom. The number of hydrogen-bond donors (Lipinski definition) is 1. The Hall–Kier alpha value is -2.93. The van der Waals surface area contributed by atoms with Crippen molar-refractivity contribution in [3.05, 3.63) is 65.0 Å². The van der Waals surface area contributed by atoms with Gasteiger partial charge in [-0.05, 0) is 56.2 Å². The Morgan fingerprint density at radius 2 is 1.80 bits per heavy atom. The van der Waals surface area contributed by atoms with Gasteiger partial charge in [-0.2, -0.15) is 0 Å². The van der Waals surface area contributed by atoms with Crippen molar-refractivity contribution in [2.24, 2.45) is 0 Å². The summed E-state index contributed by atoms with van der Waals surface area (Å²) in [6, 6.07) is 11.3. The first-order valence-electron chi connectivity index (χ1n) is 9.99. The minimum Gasteiger partial charge on any atom is -0.483 e. The molecule has 0 spiro atoms. The summed E-state index contributed by atoms with van der Waals surface area (Å²) in [6.45, 7) is 7.71. The minimum absolute atomic E-state index is 0.00389. The van der Waals surface area contributed by atoms with Gasteiger partial charge in [-0.3, -0.25) is 9.69 Å². The van der Waals surface area contributed by atoms with E-state index in [9.17, 15) is 14.0 Å². The lowest BCUT2D eigenvalue weighted by atomic mass is 10.1. The normalized spacial score (nSPS) is 19.5. The van der Waals surface area contributed by atoms with E-state index in [1.54, 1.807) is 18.2 Å². The number of carbonyl (C=O) groups is 2. The molecule has 1 heterocycles. The topological polar surface area (TPSA) is 70.1 Å². The fourth-order valence-electron chi connectivity index (χ4n) is 3.70. The average molecular weight is 414 g/mol. The number of nitrogens with zero attached hydrogens (tertiary/aromatic N) is 2. The molecular formula is C23H27FN2O4. The van der Waals surface area contributed by atoms with Crippen molar-refractivity contribution in [3.63, 3.8) is 0 Å². The molecule has 160 valence electrons. The quantitative estimate of drug-likeness (QED) is 0.785. The molecule has 1 fully saturated rings. The van der Waals surface area contributed by atoms with Crippen LogP contribution in [0.25, 0.3) is 0 Å². The second-order valence-corrected chi connectivity index (χ2v) is 7.87. The molecule has 0 bridgehead atoms. The van der Waals surface area contributed by atoms with Crippen LogP contribution in [0.15, 0.2) is 42.5 Å². The highest BCUT2D eigenvalue weighted by Gasteiger charge is 2.32. The second-order valence-electron chi connectivity index (χ2n) is 7.87. The van der Waals surface area contributed by atoms with Crippen LogP contribution >= 0.6 is 0 Å². The standard InChI is InChI=1S/C23H27FN2O4/c1-15-4-7-19(23(28)29)10-21(15)30-14-22(27)26-12-16(2)25(11-17(26)3)13-18-5-8-20(24)9-6-18/h4-10,16-17H,11-14H2,1-3H3,(H,28,29)/t16-,17+/m1/s1. The highest BCUT2D eigenvalue weighted by atomic mass is 19.1. The maximum absolute atomic E-state index is 13.1. The van der Waals surface area contributed by atoms with Gasteiger partial charge in [0.05, 0.1) is 5.56 Å². The maximum atomic E-state index is 13.1. The maximum Gasteiger partial charge on any atom is 0.335 e. The SMILES string of the molecule is Cc1ccc(C(=O)O)cc1OCC(=O)N1C[C@@H](C)N(Cc2ccc(F)cc2)C[C@@H]1C. The highest BCUT2D eigenvalue weighted by molar-refractivity contribution is 5.88. The zero-order valence-corrected chi connectivity index (χ0v) is 17.5. The van der Waals surface area contributed by atoms with Crippen molar-refractivity contribution in [2.75, 3.05) is 19.7 Å². The van der Waals surface area contributed by atoms with E-state index < -0.39 is 5.97 Å². The predicted octanol–water partition coefficient (Wildman–Crippen LogP) is 3.33. The first-order valence-corrected chi connectivity index (χ1v) is 9.99. The number of carboxylic acids is 1. The van der Waals surface area contributed by atoms with E-state index in [1.807, 2.05) is 18.7 Å². The number of benzene rings is 2. The molecule has 1 saturated heterocycles. The molecule has 30 heavy (non-hydrogen) atoms. The molecule has 0 radical (unpaired) electrons. The molecule has 0 unspecified atom stereocenters. The second kappa shape index (κ2) is 9.26. The Kier molecular flexibility index (Phi) is 6.72. The highest BCUT2D eigenvalue weighted by Crippen LogP contribution is 2.22. The predicted molar refractivity (Wildman–Crippen MR) is 111 cm³/mol. The number of aromatic carboxylic acids is 1. The lowest BCUT2D eigenvalue weighted by molar-refractivity contribution is -0.139. The zero-order valence-electron chi connectivity index (χ0n) is 17.5. The fraction of sp³-hybridized carbons (Fsp3) is 0.391. The monoisotopic (exact) mass is 414 g/mol. The summed E-state index contributed by atoms with van der Waals surface area (Å²) in [5.74, 6) is -1.01. The molecule has 1 aliphatic rings. The minimum atomic E-state index is -1.04. The molecule has 2 atom stereocenters. The molecule has 6 nitrogen and oxygen atoms in total. The average Bonchev–Trinajstić information content (AvgIpc) is 2.71. The number of halogens is 1. The van der Waals surface area contributed by atoms with Gasteiger partial charge in [-0.25, -0.2) is 9.18 Å². The molecule has 2 aromatic carbocycles. The first-order chi connectivity index (χ1) is 14.2. The molecule has 7 heteroatoms. The van der Waals surface area contributed by atoms with Crippen LogP contribution in [0.4, 0.5) is 4.39 Å². The summed E-state index contributed by atoms with van der Waals surface area (Å²) in [6.07, 6.45) is 0. The number of piperazine rings is 1. The molecule has 3 rings (SSSR count). The van der Waals surface area contributed by atoms with Gasteiger partial charge in [0.1, 0.15) is 11.6 Å². The molecule has 1 amide bonds. The smallest absolute Gasteiger partial charge is 0.335 e. The Bertz CT molecular complexity index is 916. The van der Waals surface area contributed by atoms with E-state index >= 15 is 0 Å². The van der Waals surface area contributed by atoms with E-state index in [2.05, 4.69) is 11.8 Å². The van der Waals surface area contributed by atoms with Crippen molar-refractivity contribution >= 4 is 11.9 Å². The van der Waals surface area contributed by atoms with Crippen LogP contribution in [0, 0.1) is 12.7 Å². The molecule has 0 saturated carbocycles. The molecule has 0 aromatic heterocycles. The number of aryl methyl sites for hydroxylation is 1. The van der Waals surface area contributed by atoms with Gasteiger partial charge in [0.2, 0.25) is 0 Å². The number of hydrogen-bond acceptors (Lipinski definition) is 4. The zero-order chi connectivity index (χ0) is 21.8. The third-order valence-corrected chi connectivity index (χ3v) is 5.52. The molecule has 1 aliphatic heterocycles. The molecular weight excluding hydrogens is 387 g/mol. The van der Waals surface area contributed by atoms with E-state index in [4.69, 9.17) is 9.84 Å². The number of carbonyl (C=O) groups excluding carboxylic acids is 1. The largest absolute Gasteiger partial charge is 0.483 e. The number of amides is 1. The van der Waals surface area contributed by atoms with Crippen LogP contribution in [0.3, 0.4) is 0 Å². The van der Waals surface area contributed by atoms with Crippen LogP contribution in [-0.2, 0) is 11.3 Å². The van der Waals surface area contributed by atoms with Crippen LogP contribution in [0.5, 0.6) is 5.75 Å². The molecule has 2 aromatic rings. The van der Waals surface area contributed by atoms with Crippen LogP contribution < -0.4 is 4.74 Å². The van der Waals surface area contributed by atoms with Gasteiger partial charge in [0.15, 0.2) is 6.61 Å². The van der Waals surface area contributed by atoms with Crippen LogP contribution in [0.1, 0.15) is 35.3 Å². The fourth-order valence-corrected chi connectivity index (χ4v) is 3.70. The van der Waals surface area contributed by atoms with Gasteiger partial charge >= 0.3 is 5.97 Å². The summed E-state index contributed by atoms with van der Waals surface area (Å²) >= 11 is 0. The van der Waals surface area contributed by atoms with Crippen molar-refractivity contribution < 1.29 is 23.8 Å². The third kappa shape index (κ3) is 5.16. The van der Waals surface area contributed by atoms with Gasteiger partial charge in [-0.15, -0.1) is 0 Å². The number of ether oxygens (including phenoxy) is 1. The number of rotatable bonds is 6. The summed E-state index contributed by atoms with van der Waals surface area (Å²) in [5, 5.41) is 9.14. The summed E-state index contributed by atoms with van der Waals surface area (Å²) in [7, 11) is 0. The Balaban J connectivity index is 1.59.